The Morgan fingerprint density at radius 1 is 1.33 bits per heavy atom. The SMILES string of the molecule is CC(c1nc(-c2ccc(F)cc2Cl)no1)C(O)C(F)(F)F. The van der Waals surface area contributed by atoms with Crippen molar-refractivity contribution in [2.24, 2.45) is 0 Å². The second kappa shape index (κ2) is 5.61. The number of hydrogen-bond acceptors (Lipinski definition) is 4. The predicted molar refractivity (Wildman–Crippen MR) is 65.2 cm³/mol. The van der Waals surface area contributed by atoms with Crippen molar-refractivity contribution in [1.29, 1.82) is 0 Å². The van der Waals surface area contributed by atoms with Crippen LogP contribution < -0.4 is 0 Å². The number of aliphatic hydroxyl groups is 1. The lowest BCUT2D eigenvalue weighted by Crippen LogP contribution is -2.33. The molecule has 0 bridgehead atoms. The smallest absolute Gasteiger partial charge is 0.383 e. The monoisotopic (exact) mass is 324 g/mol. The maximum Gasteiger partial charge on any atom is 0.415 e. The van der Waals surface area contributed by atoms with Gasteiger partial charge in [0, 0.05) is 5.56 Å². The highest BCUT2D eigenvalue weighted by atomic mass is 35.5. The van der Waals surface area contributed by atoms with E-state index in [9.17, 15) is 17.6 Å². The molecular weight excluding hydrogens is 316 g/mol. The lowest BCUT2D eigenvalue weighted by Gasteiger charge is -2.17. The Morgan fingerprint density at radius 3 is 2.57 bits per heavy atom. The van der Waals surface area contributed by atoms with Crippen molar-refractivity contribution in [3.8, 4) is 11.4 Å². The first-order chi connectivity index (χ1) is 9.70. The lowest BCUT2D eigenvalue weighted by atomic mass is 10.0. The van der Waals surface area contributed by atoms with Gasteiger partial charge in [-0.3, -0.25) is 0 Å². The van der Waals surface area contributed by atoms with Crippen molar-refractivity contribution < 1.29 is 27.2 Å². The molecule has 0 amide bonds. The molecule has 2 aromatic rings. The Labute approximate surface area is 121 Å². The largest absolute Gasteiger partial charge is 0.415 e. The predicted octanol–water partition coefficient (Wildman–Crippen LogP) is 3.56. The van der Waals surface area contributed by atoms with Gasteiger partial charge in [0.25, 0.3) is 0 Å². The van der Waals surface area contributed by atoms with E-state index < -0.39 is 29.9 Å². The van der Waals surface area contributed by atoms with Gasteiger partial charge in [-0.15, -0.1) is 0 Å². The summed E-state index contributed by atoms with van der Waals surface area (Å²) in [6, 6.07) is 3.39. The lowest BCUT2D eigenvalue weighted by molar-refractivity contribution is -0.210. The molecule has 114 valence electrons. The Kier molecular flexibility index (Phi) is 4.20. The third-order valence-electron chi connectivity index (χ3n) is 2.81. The van der Waals surface area contributed by atoms with Gasteiger partial charge in [-0.1, -0.05) is 23.7 Å². The van der Waals surface area contributed by atoms with Gasteiger partial charge in [-0.05, 0) is 18.2 Å². The Hall–Kier alpha value is -1.67. The fourth-order valence-corrected chi connectivity index (χ4v) is 1.87. The molecule has 21 heavy (non-hydrogen) atoms. The van der Waals surface area contributed by atoms with Crippen molar-refractivity contribution in [3.05, 3.63) is 34.9 Å². The maximum atomic E-state index is 12.9. The molecule has 0 saturated carbocycles. The molecule has 2 unspecified atom stereocenters. The summed E-state index contributed by atoms with van der Waals surface area (Å²) in [6.07, 6.45) is -7.43. The van der Waals surface area contributed by atoms with Crippen LogP contribution in [-0.2, 0) is 0 Å². The molecule has 1 heterocycles. The normalized spacial score (nSPS) is 15.0. The van der Waals surface area contributed by atoms with Crippen LogP contribution >= 0.6 is 11.6 Å². The second-order valence-corrected chi connectivity index (χ2v) is 4.76. The minimum Gasteiger partial charge on any atom is -0.383 e. The molecule has 2 atom stereocenters. The van der Waals surface area contributed by atoms with Crippen molar-refractivity contribution in [2.75, 3.05) is 0 Å². The number of aliphatic hydroxyl groups excluding tert-OH is 1. The molecule has 0 fully saturated rings. The van der Waals surface area contributed by atoms with Crippen LogP contribution in [0.5, 0.6) is 0 Å². The molecule has 0 saturated heterocycles. The van der Waals surface area contributed by atoms with Crippen LogP contribution in [0.3, 0.4) is 0 Å². The molecule has 0 aliphatic heterocycles. The molecule has 0 radical (unpaired) electrons. The Balaban J connectivity index is 2.30. The highest BCUT2D eigenvalue weighted by Gasteiger charge is 2.44. The van der Waals surface area contributed by atoms with E-state index in [1.54, 1.807) is 0 Å². The first kappa shape index (κ1) is 15.7. The van der Waals surface area contributed by atoms with E-state index in [1.807, 2.05) is 0 Å². The van der Waals surface area contributed by atoms with Crippen LogP contribution in [0.15, 0.2) is 22.7 Å². The molecule has 1 aromatic carbocycles. The minimum absolute atomic E-state index is 0.00799. The molecule has 4 nitrogen and oxygen atoms in total. The van der Waals surface area contributed by atoms with Gasteiger partial charge in [-0.25, -0.2) is 4.39 Å². The molecule has 1 N–H and O–H groups in total. The van der Waals surface area contributed by atoms with Crippen LogP contribution in [0, 0.1) is 5.82 Å². The Morgan fingerprint density at radius 2 is 2.00 bits per heavy atom. The van der Waals surface area contributed by atoms with E-state index in [2.05, 4.69) is 10.1 Å². The first-order valence-corrected chi connectivity index (χ1v) is 6.11. The van der Waals surface area contributed by atoms with Gasteiger partial charge in [0.1, 0.15) is 5.82 Å². The summed E-state index contributed by atoms with van der Waals surface area (Å²) in [6.45, 7) is 1.10. The number of halogens is 5. The van der Waals surface area contributed by atoms with Crippen molar-refractivity contribution >= 4 is 11.6 Å². The Bertz CT molecular complexity index is 644. The van der Waals surface area contributed by atoms with Crippen molar-refractivity contribution in [3.63, 3.8) is 0 Å². The molecule has 1 aromatic heterocycles. The summed E-state index contributed by atoms with van der Waals surface area (Å²) in [5, 5.41) is 12.6. The van der Waals surface area contributed by atoms with Gasteiger partial charge in [0.05, 0.1) is 10.9 Å². The molecule has 9 heteroatoms. The van der Waals surface area contributed by atoms with Crippen LogP contribution in [-0.4, -0.2) is 27.5 Å². The average Bonchev–Trinajstić information content (AvgIpc) is 2.85. The van der Waals surface area contributed by atoms with Gasteiger partial charge in [0.2, 0.25) is 11.7 Å². The first-order valence-electron chi connectivity index (χ1n) is 5.74. The summed E-state index contributed by atoms with van der Waals surface area (Å²) in [5.74, 6) is -2.50. The molecule has 0 aliphatic carbocycles. The van der Waals surface area contributed by atoms with E-state index >= 15 is 0 Å². The molecular formula is C12H9ClF4N2O2. The molecule has 0 aliphatic rings. The zero-order chi connectivity index (χ0) is 15.8. The van der Waals surface area contributed by atoms with Crippen LogP contribution in [0.2, 0.25) is 5.02 Å². The van der Waals surface area contributed by atoms with E-state index in [-0.39, 0.29) is 16.4 Å². The number of benzene rings is 1. The van der Waals surface area contributed by atoms with Crippen LogP contribution in [0.1, 0.15) is 18.7 Å². The molecule has 0 spiro atoms. The van der Waals surface area contributed by atoms with E-state index in [4.69, 9.17) is 21.2 Å². The standard InChI is InChI=1S/C12H9ClF4N2O2/c1-5(9(20)12(15,16)17)11-18-10(19-21-11)7-3-2-6(14)4-8(7)13/h2-5,9,20H,1H3. The van der Waals surface area contributed by atoms with Gasteiger partial charge in [-0.2, -0.15) is 18.2 Å². The molecule has 2 rings (SSSR count). The summed E-state index contributed by atoms with van der Waals surface area (Å²) in [5.41, 5.74) is 0.210. The quantitative estimate of drug-likeness (QED) is 0.877. The topological polar surface area (TPSA) is 59.2 Å². The fourth-order valence-electron chi connectivity index (χ4n) is 1.62. The van der Waals surface area contributed by atoms with E-state index in [1.165, 1.54) is 6.07 Å². The highest BCUT2D eigenvalue weighted by molar-refractivity contribution is 6.33. The van der Waals surface area contributed by atoms with E-state index in [0.29, 0.717) is 0 Å². The fraction of sp³-hybridized carbons (Fsp3) is 0.333. The van der Waals surface area contributed by atoms with Gasteiger partial charge in [0.15, 0.2) is 6.10 Å². The minimum atomic E-state index is -4.80. The zero-order valence-electron chi connectivity index (χ0n) is 10.5. The summed E-state index contributed by atoms with van der Waals surface area (Å²) in [4.78, 5) is 3.76. The van der Waals surface area contributed by atoms with Crippen molar-refractivity contribution in [2.45, 2.75) is 25.1 Å². The summed E-state index contributed by atoms with van der Waals surface area (Å²) < 4.78 is 54.9. The zero-order valence-corrected chi connectivity index (χ0v) is 11.3. The third kappa shape index (κ3) is 3.33. The highest BCUT2D eigenvalue weighted by Crippen LogP contribution is 2.32. The van der Waals surface area contributed by atoms with E-state index in [0.717, 1.165) is 19.1 Å². The number of nitrogens with zero attached hydrogens (tertiary/aromatic N) is 2. The number of rotatable bonds is 3. The summed E-state index contributed by atoms with van der Waals surface area (Å²) >= 11 is 5.80. The second-order valence-electron chi connectivity index (χ2n) is 4.36. The van der Waals surface area contributed by atoms with Gasteiger partial charge >= 0.3 is 6.18 Å². The maximum absolute atomic E-state index is 12.9. The summed E-state index contributed by atoms with van der Waals surface area (Å²) in [7, 11) is 0. The van der Waals surface area contributed by atoms with Crippen molar-refractivity contribution in [1.82, 2.24) is 10.1 Å². The van der Waals surface area contributed by atoms with Crippen LogP contribution in [0.25, 0.3) is 11.4 Å². The van der Waals surface area contributed by atoms with Crippen LogP contribution in [0.4, 0.5) is 17.6 Å². The number of alkyl halides is 3. The third-order valence-corrected chi connectivity index (χ3v) is 3.12. The number of aromatic nitrogens is 2. The van der Waals surface area contributed by atoms with Gasteiger partial charge < -0.3 is 9.63 Å². The number of hydrogen-bond donors (Lipinski definition) is 1. The average molecular weight is 325 g/mol.